The van der Waals surface area contributed by atoms with Gasteiger partial charge in [0, 0.05) is 6.61 Å². The van der Waals surface area contributed by atoms with E-state index in [0.717, 1.165) is 12.7 Å². The van der Waals surface area contributed by atoms with Gasteiger partial charge in [0.15, 0.2) is 0 Å². The van der Waals surface area contributed by atoms with Crippen LogP contribution in [0.4, 0.5) is 7.77 Å². The number of halogens is 2. The number of rotatable bonds is 4. The van der Waals surface area contributed by atoms with Crippen LogP contribution in [0.5, 0.6) is 0 Å². The van der Waals surface area contributed by atoms with E-state index < -0.39 is 10.6 Å². The second-order valence-electron chi connectivity index (χ2n) is 2.09. The third kappa shape index (κ3) is 34.4. The summed E-state index contributed by atoms with van der Waals surface area (Å²) >= 11 is 0. The molecule has 0 aromatic heterocycles. The predicted molar refractivity (Wildman–Crippen MR) is 42.9 cm³/mol. The minimum absolute atomic E-state index is 0.227. The van der Waals surface area contributed by atoms with Crippen molar-refractivity contribution in [3.05, 3.63) is 0 Å². The van der Waals surface area contributed by atoms with E-state index in [2.05, 4.69) is 0 Å². The predicted octanol–water partition coefficient (Wildman–Crippen LogP) is 1.17. The molecule has 80 valence electrons. The first-order chi connectivity index (χ1) is 5.81. The van der Waals surface area contributed by atoms with E-state index in [-0.39, 0.29) is 6.10 Å². The zero-order valence-corrected chi connectivity index (χ0v) is 8.18. The molecule has 0 aliphatic carbocycles. The van der Waals surface area contributed by atoms with Crippen LogP contribution in [0.25, 0.3) is 0 Å². The fourth-order valence-electron chi connectivity index (χ4n) is 0.343. The summed E-state index contributed by atoms with van der Waals surface area (Å²) in [7, 11) is -5.67. The Morgan fingerprint density at radius 1 is 1.46 bits per heavy atom. The van der Waals surface area contributed by atoms with Gasteiger partial charge in [-0.05, 0) is 13.3 Å². The number of carbonyl (C=O) groups excluding carboxylic acids is 1. The lowest BCUT2D eigenvalue weighted by Gasteiger charge is -2.01. The Bertz CT molecular complexity index is 207. The third-order valence-electron chi connectivity index (χ3n) is 0.777. The van der Waals surface area contributed by atoms with E-state index in [1.165, 1.54) is 0 Å². The van der Waals surface area contributed by atoms with Crippen LogP contribution in [0.1, 0.15) is 20.3 Å². The van der Waals surface area contributed by atoms with Gasteiger partial charge in [-0.25, -0.2) is 0 Å². The Labute approximate surface area is 76.4 Å². The molecule has 0 aromatic carbocycles. The number of aldehydes is 1. The first-order valence-corrected chi connectivity index (χ1v) is 4.80. The van der Waals surface area contributed by atoms with Gasteiger partial charge in [-0.15, -0.1) is 0 Å². The topological polar surface area (TPSA) is 60.4 Å². The summed E-state index contributed by atoms with van der Waals surface area (Å²) in [5.41, 5.74) is 0. The van der Waals surface area contributed by atoms with E-state index >= 15 is 0 Å². The second kappa shape index (κ2) is 8.06. The van der Waals surface area contributed by atoms with Gasteiger partial charge in [-0.3, -0.25) is 0 Å². The minimum Gasteiger partial charge on any atom is -0.371 e. The molecule has 4 nitrogen and oxygen atoms in total. The lowest BCUT2D eigenvalue weighted by Crippen LogP contribution is -2.09. The standard InChI is InChI=1S/C6H12O2.F2O2S/c1-3-4-8-6(2)5-7;1-5(2,3)4/h5-6H,3-4H2,1-2H3;. The fourth-order valence-corrected chi connectivity index (χ4v) is 0.343. The first-order valence-electron chi connectivity index (χ1n) is 3.52. The molecule has 0 N–H and O–H groups in total. The molecule has 0 amide bonds. The van der Waals surface area contributed by atoms with E-state index in [0.29, 0.717) is 6.61 Å². The zero-order chi connectivity index (χ0) is 10.9. The average molecular weight is 218 g/mol. The van der Waals surface area contributed by atoms with Gasteiger partial charge < -0.3 is 9.53 Å². The van der Waals surface area contributed by atoms with Crippen LogP contribution < -0.4 is 0 Å². The second-order valence-corrected chi connectivity index (χ2v) is 2.85. The van der Waals surface area contributed by atoms with Gasteiger partial charge in [-0.1, -0.05) is 14.7 Å². The van der Waals surface area contributed by atoms with Crippen molar-refractivity contribution in [3.8, 4) is 0 Å². The molecule has 0 aromatic rings. The summed E-state index contributed by atoms with van der Waals surface area (Å²) in [6.07, 6.45) is 1.54. The number of hydrogen-bond donors (Lipinski definition) is 0. The van der Waals surface area contributed by atoms with Crippen LogP contribution in [0.15, 0.2) is 0 Å². The van der Waals surface area contributed by atoms with Crippen molar-refractivity contribution in [3.63, 3.8) is 0 Å². The van der Waals surface area contributed by atoms with Crippen LogP contribution in [-0.2, 0) is 20.1 Å². The van der Waals surface area contributed by atoms with Crippen LogP contribution in [-0.4, -0.2) is 27.4 Å². The van der Waals surface area contributed by atoms with Gasteiger partial charge in [0.25, 0.3) is 0 Å². The summed E-state index contributed by atoms with van der Waals surface area (Å²) in [6, 6.07) is 0. The maximum absolute atomic E-state index is 9.99. The van der Waals surface area contributed by atoms with Crippen molar-refractivity contribution in [1.29, 1.82) is 0 Å². The molecule has 0 aliphatic rings. The number of ether oxygens (including phenoxy) is 1. The van der Waals surface area contributed by atoms with Crippen molar-refractivity contribution < 1.29 is 25.7 Å². The summed E-state index contributed by atoms with van der Waals surface area (Å²) in [5, 5.41) is 0. The quantitative estimate of drug-likeness (QED) is 0.525. The van der Waals surface area contributed by atoms with Gasteiger partial charge in [0.05, 0.1) is 0 Å². The highest BCUT2D eigenvalue weighted by molar-refractivity contribution is 7.81. The maximum Gasteiger partial charge on any atom is 0.476 e. The molecule has 0 bridgehead atoms. The van der Waals surface area contributed by atoms with Crippen molar-refractivity contribution in [2.24, 2.45) is 0 Å². The van der Waals surface area contributed by atoms with Crippen molar-refractivity contribution >= 4 is 16.9 Å². The fraction of sp³-hybridized carbons (Fsp3) is 0.833. The van der Waals surface area contributed by atoms with Crippen LogP contribution >= 0.6 is 0 Å². The molecule has 0 heterocycles. The largest absolute Gasteiger partial charge is 0.476 e. The molecule has 1 atom stereocenters. The highest BCUT2D eigenvalue weighted by atomic mass is 32.3. The van der Waals surface area contributed by atoms with Crippen LogP contribution in [0.3, 0.4) is 0 Å². The Morgan fingerprint density at radius 3 is 2.08 bits per heavy atom. The molecule has 0 rings (SSSR count). The van der Waals surface area contributed by atoms with Crippen molar-refractivity contribution in [2.45, 2.75) is 26.4 Å². The molecule has 0 saturated heterocycles. The lowest BCUT2D eigenvalue weighted by atomic mass is 10.4. The minimum atomic E-state index is -5.67. The molecule has 0 fully saturated rings. The normalized spacial score (nSPS) is 12.6. The van der Waals surface area contributed by atoms with E-state index in [9.17, 15) is 12.6 Å². The van der Waals surface area contributed by atoms with E-state index in [4.69, 9.17) is 13.2 Å². The zero-order valence-electron chi connectivity index (χ0n) is 7.37. The smallest absolute Gasteiger partial charge is 0.371 e. The summed E-state index contributed by atoms with van der Waals surface area (Å²) < 4.78 is 41.6. The van der Waals surface area contributed by atoms with Gasteiger partial charge in [0.2, 0.25) is 0 Å². The van der Waals surface area contributed by atoms with Crippen LogP contribution in [0.2, 0.25) is 0 Å². The molecule has 1 unspecified atom stereocenters. The van der Waals surface area contributed by atoms with E-state index in [1.54, 1.807) is 6.92 Å². The Kier molecular flexibility index (Phi) is 9.26. The molecule has 0 aliphatic heterocycles. The molecular formula is C6H12F2O4S. The Balaban J connectivity index is 0. The molecule has 0 saturated carbocycles. The van der Waals surface area contributed by atoms with Gasteiger partial charge in [0.1, 0.15) is 12.4 Å². The molecule has 0 radical (unpaired) electrons. The third-order valence-corrected chi connectivity index (χ3v) is 0.777. The summed E-state index contributed by atoms with van der Waals surface area (Å²) in [4.78, 5) is 9.89. The van der Waals surface area contributed by atoms with E-state index in [1.807, 2.05) is 6.92 Å². The SMILES string of the molecule is CCCOC(C)C=O.O=S(=O)(F)F. The number of hydrogen-bond acceptors (Lipinski definition) is 4. The molecule has 13 heavy (non-hydrogen) atoms. The van der Waals surface area contributed by atoms with Gasteiger partial charge in [-0.2, -0.15) is 8.42 Å². The maximum atomic E-state index is 9.99. The van der Waals surface area contributed by atoms with Crippen molar-refractivity contribution in [2.75, 3.05) is 6.61 Å². The summed E-state index contributed by atoms with van der Waals surface area (Å²) in [6.45, 7) is 4.43. The molecular weight excluding hydrogens is 206 g/mol. The summed E-state index contributed by atoms with van der Waals surface area (Å²) in [5.74, 6) is 0. The molecule has 0 spiro atoms. The lowest BCUT2D eigenvalue weighted by molar-refractivity contribution is -0.117. The number of carbonyl (C=O) groups is 1. The van der Waals surface area contributed by atoms with Gasteiger partial charge >= 0.3 is 10.6 Å². The Morgan fingerprint density at radius 2 is 1.85 bits per heavy atom. The average Bonchev–Trinajstić information content (AvgIpc) is 1.97. The highest BCUT2D eigenvalue weighted by Gasteiger charge is 1.95. The Hall–Kier alpha value is -0.560. The monoisotopic (exact) mass is 218 g/mol. The molecule has 7 heteroatoms. The highest BCUT2D eigenvalue weighted by Crippen LogP contribution is 1.86. The van der Waals surface area contributed by atoms with Crippen molar-refractivity contribution in [1.82, 2.24) is 0 Å². The van der Waals surface area contributed by atoms with Crippen LogP contribution in [0, 0.1) is 0 Å². The first kappa shape index (κ1) is 14.9.